The van der Waals surface area contributed by atoms with E-state index < -0.39 is 8.32 Å². The van der Waals surface area contributed by atoms with Crippen molar-refractivity contribution in [2.75, 3.05) is 0 Å². The molecule has 6 heteroatoms. The van der Waals surface area contributed by atoms with Crippen LogP contribution in [0.4, 0.5) is 0 Å². The van der Waals surface area contributed by atoms with E-state index in [1.165, 1.54) is 19.3 Å². The minimum absolute atomic E-state index is 0.0807. The van der Waals surface area contributed by atoms with Crippen LogP contribution in [-0.4, -0.2) is 45.0 Å². The highest BCUT2D eigenvalue weighted by molar-refractivity contribution is 6.74. The minimum Gasteiger partial charge on any atom is -0.455 e. The third kappa shape index (κ3) is 8.47. The molecule has 2 rings (SSSR count). The van der Waals surface area contributed by atoms with Gasteiger partial charge < -0.3 is 18.7 Å². The van der Waals surface area contributed by atoms with E-state index in [0.29, 0.717) is 6.42 Å². The van der Waals surface area contributed by atoms with Crippen molar-refractivity contribution in [2.45, 2.75) is 134 Å². The first-order chi connectivity index (χ1) is 14.5. The van der Waals surface area contributed by atoms with Crippen LogP contribution in [0.2, 0.25) is 18.1 Å². The number of carbonyl (C=O) groups excluding carboxylic acids is 2. The molecule has 2 aliphatic rings. The van der Waals surface area contributed by atoms with Gasteiger partial charge in [0.25, 0.3) is 0 Å². The average molecular weight is 453 g/mol. The Kier molecular flexibility index (Phi) is 9.96. The minimum atomic E-state index is -1.90. The van der Waals surface area contributed by atoms with E-state index in [-0.39, 0.29) is 35.4 Å². The second-order valence-corrected chi connectivity index (χ2v) is 15.6. The smallest absolute Gasteiger partial charge is 0.334 e. The zero-order valence-electron chi connectivity index (χ0n) is 20.6. The third-order valence-electron chi connectivity index (χ3n) is 7.05. The highest BCUT2D eigenvalue weighted by atomic mass is 28.4. The van der Waals surface area contributed by atoms with Crippen molar-refractivity contribution in [3.63, 3.8) is 0 Å². The van der Waals surface area contributed by atoms with Crippen LogP contribution in [0.15, 0.2) is 11.6 Å². The van der Waals surface area contributed by atoms with E-state index in [0.717, 1.165) is 50.4 Å². The lowest BCUT2D eigenvalue weighted by Crippen LogP contribution is -2.44. The van der Waals surface area contributed by atoms with Gasteiger partial charge in [0.1, 0.15) is 18.5 Å². The monoisotopic (exact) mass is 452 g/mol. The summed E-state index contributed by atoms with van der Waals surface area (Å²) >= 11 is 0. The fraction of sp³-hybridized carbons (Fsp3) is 0.840. The summed E-state index contributed by atoms with van der Waals surface area (Å²) in [4.78, 5) is 22.9. The summed E-state index contributed by atoms with van der Waals surface area (Å²) in [7, 11) is -1.90. The van der Waals surface area contributed by atoms with Crippen LogP contribution >= 0.6 is 0 Å². The highest BCUT2D eigenvalue weighted by Gasteiger charge is 2.39. The van der Waals surface area contributed by atoms with Gasteiger partial charge in [-0.2, -0.15) is 0 Å². The molecule has 0 aromatic heterocycles. The van der Waals surface area contributed by atoms with Crippen molar-refractivity contribution < 1.29 is 23.5 Å². The predicted molar refractivity (Wildman–Crippen MR) is 127 cm³/mol. The van der Waals surface area contributed by atoms with Gasteiger partial charge in [0.05, 0.1) is 6.10 Å². The van der Waals surface area contributed by atoms with E-state index in [9.17, 15) is 9.59 Å². The van der Waals surface area contributed by atoms with Crippen LogP contribution in [0.3, 0.4) is 0 Å². The van der Waals surface area contributed by atoms with Gasteiger partial charge in [0.2, 0.25) is 0 Å². The molecule has 178 valence electrons. The number of esters is 1. The first-order valence-electron chi connectivity index (χ1n) is 12.2. The standard InChI is InChI=1S/C25H44O5Si/c1-19-16-20(24(27)28-19)17-22(30-31(5,6)25(2,3)4)13-11-9-7-8-10-12-21-14-15-23(18-26)29-21/h16,18-19,21-23H,7-15,17H2,1-6H3/t19-,21-,22-,23-/m0/s1. The van der Waals surface area contributed by atoms with E-state index in [1.54, 1.807) is 0 Å². The second kappa shape index (κ2) is 11.8. The molecule has 0 radical (unpaired) electrons. The summed E-state index contributed by atoms with van der Waals surface area (Å²) in [6.45, 7) is 13.2. The van der Waals surface area contributed by atoms with Crippen LogP contribution in [0, 0.1) is 0 Å². The largest absolute Gasteiger partial charge is 0.455 e. The van der Waals surface area contributed by atoms with Crippen LogP contribution < -0.4 is 0 Å². The molecular weight excluding hydrogens is 408 g/mol. The molecule has 31 heavy (non-hydrogen) atoms. The Morgan fingerprint density at radius 2 is 1.84 bits per heavy atom. The molecule has 0 saturated carbocycles. The summed E-state index contributed by atoms with van der Waals surface area (Å²) in [6.07, 6.45) is 13.4. The average Bonchev–Trinajstić information content (AvgIpc) is 3.25. The number of hydrogen-bond acceptors (Lipinski definition) is 5. The topological polar surface area (TPSA) is 61.8 Å². The number of carbonyl (C=O) groups is 2. The molecule has 0 N–H and O–H groups in total. The lowest BCUT2D eigenvalue weighted by molar-refractivity contribution is -0.139. The van der Waals surface area contributed by atoms with Crippen molar-refractivity contribution in [1.29, 1.82) is 0 Å². The third-order valence-corrected chi connectivity index (χ3v) is 11.6. The summed E-state index contributed by atoms with van der Waals surface area (Å²) in [5, 5.41) is 0.147. The van der Waals surface area contributed by atoms with E-state index >= 15 is 0 Å². The van der Waals surface area contributed by atoms with E-state index in [1.807, 2.05) is 13.0 Å². The molecule has 0 aromatic carbocycles. The van der Waals surface area contributed by atoms with Gasteiger partial charge >= 0.3 is 5.97 Å². The Hall–Kier alpha value is -0.983. The Morgan fingerprint density at radius 3 is 2.42 bits per heavy atom. The van der Waals surface area contributed by atoms with Gasteiger partial charge in [-0.05, 0) is 56.8 Å². The van der Waals surface area contributed by atoms with Crippen molar-refractivity contribution in [3.05, 3.63) is 11.6 Å². The Morgan fingerprint density at radius 1 is 1.16 bits per heavy atom. The molecule has 2 aliphatic heterocycles. The lowest BCUT2D eigenvalue weighted by atomic mass is 10.0. The number of ether oxygens (including phenoxy) is 2. The SMILES string of the molecule is C[C@H]1C=C(C[C@H](CCCCCCC[C@H]2CC[C@@H](C=O)O2)O[Si](C)(C)C(C)(C)C)C(=O)O1. The lowest BCUT2D eigenvalue weighted by Gasteiger charge is -2.39. The Bertz CT molecular complexity index is 622. The normalized spacial score (nSPS) is 25.4. The number of aldehydes is 1. The van der Waals surface area contributed by atoms with Gasteiger partial charge in [-0.1, -0.05) is 52.9 Å². The van der Waals surface area contributed by atoms with E-state index in [2.05, 4.69) is 33.9 Å². The van der Waals surface area contributed by atoms with Gasteiger partial charge in [-0.3, -0.25) is 0 Å². The van der Waals surface area contributed by atoms with Crippen LogP contribution in [0.5, 0.6) is 0 Å². The molecule has 0 bridgehead atoms. The number of rotatable bonds is 13. The van der Waals surface area contributed by atoms with Gasteiger partial charge in [-0.15, -0.1) is 0 Å². The first-order valence-corrected chi connectivity index (χ1v) is 15.1. The molecule has 1 saturated heterocycles. The summed E-state index contributed by atoms with van der Waals surface area (Å²) in [6, 6.07) is 0. The second-order valence-electron chi connectivity index (χ2n) is 10.9. The maximum absolute atomic E-state index is 12.1. The molecule has 0 amide bonds. The molecule has 0 aliphatic carbocycles. The van der Waals surface area contributed by atoms with Gasteiger partial charge in [0, 0.05) is 18.1 Å². The summed E-state index contributed by atoms with van der Waals surface area (Å²) in [5.41, 5.74) is 0.779. The van der Waals surface area contributed by atoms with Gasteiger partial charge in [0.15, 0.2) is 8.32 Å². The zero-order chi connectivity index (χ0) is 23.1. The summed E-state index contributed by atoms with van der Waals surface area (Å²) < 4.78 is 17.7. The maximum atomic E-state index is 12.1. The maximum Gasteiger partial charge on any atom is 0.334 e. The van der Waals surface area contributed by atoms with E-state index in [4.69, 9.17) is 13.9 Å². The molecule has 5 nitrogen and oxygen atoms in total. The molecule has 0 unspecified atom stereocenters. The molecule has 0 aromatic rings. The van der Waals surface area contributed by atoms with Crippen LogP contribution in [-0.2, 0) is 23.5 Å². The van der Waals surface area contributed by atoms with Crippen molar-refractivity contribution in [2.24, 2.45) is 0 Å². The fourth-order valence-electron chi connectivity index (χ4n) is 4.14. The summed E-state index contributed by atoms with van der Waals surface area (Å²) in [5.74, 6) is -0.178. The number of unbranched alkanes of at least 4 members (excludes halogenated alkanes) is 4. The van der Waals surface area contributed by atoms with Crippen LogP contribution in [0.25, 0.3) is 0 Å². The quantitative estimate of drug-likeness (QED) is 0.146. The number of cyclic esters (lactones) is 1. The molecule has 1 fully saturated rings. The van der Waals surface area contributed by atoms with Crippen molar-refractivity contribution >= 4 is 20.6 Å². The number of hydrogen-bond donors (Lipinski definition) is 0. The Balaban J connectivity index is 1.74. The van der Waals surface area contributed by atoms with Crippen LogP contribution in [0.1, 0.15) is 91.9 Å². The van der Waals surface area contributed by atoms with Crippen molar-refractivity contribution in [3.8, 4) is 0 Å². The zero-order valence-corrected chi connectivity index (χ0v) is 21.6. The molecular formula is C25H44O5Si. The molecule has 2 heterocycles. The Labute approximate surface area is 190 Å². The fourth-order valence-corrected chi connectivity index (χ4v) is 5.53. The molecule has 4 atom stereocenters. The van der Waals surface area contributed by atoms with Crippen molar-refractivity contribution in [1.82, 2.24) is 0 Å². The van der Waals surface area contributed by atoms with Gasteiger partial charge in [-0.25, -0.2) is 4.79 Å². The molecule has 0 spiro atoms. The highest BCUT2D eigenvalue weighted by Crippen LogP contribution is 2.39. The first kappa shape index (κ1) is 26.3. The predicted octanol–water partition coefficient (Wildman–Crippen LogP) is 6.12.